The van der Waals surface area contributed by atoms with Gasteiger partial charge in [0.15, 0.2) is 5.11 Å². The van der Waals surface area contributed by atoms with Crippen LogP contribution in [0.3, 0.4) is 0 Å². The number of benzene rings is 2. The van der Waals surface area contributed by atoms with Gasteiger partial charge in [0.1, 0.15) is 6.04 Å². The van der Waals surface area contributed by atoms with Gasteiger partial charge < -0.3 is 14.8 Å². The third-order valence-corrected chi connectivity index (χ3v) is 6.43. The molecule has 32 heavy (non-hydrogen) atoms. The van der Waals surface area contributed by atoms with E-state index >= 15 is 0 Å². The second-order valence-electron chi connectivity index (χ2n) is 8.16. The number of nitrogens with zero attached hydrogens (tertiary/aromatic N) is 3. The molecule has 4 aromatic rings. The lowest BCUT2D eigenvalue weighted by Crippen LogP contribution is -2.30. The van der Waals surface area contributed by atoms with Crippen LogP contribution in [-0.2, 0) is 6.42 Å². The summed E-state index contributed by atoms with van der Waals surface area (Å²) in [4.78, 5) is 6.90. The first-order valence-corrected chi connectivity index (χ1v) is 11.4. The molecule has 1 saturated heterocycles. The zero-order valence-electron chi connectivity index (χ0n) is 18.3. The van der Waals surface area contributed by atoms with E-state index in [9.17, 15) is 0 Å². The molecule has 1 fully saturated rings. The van der Waals surface area contributed by atoms with Crippen molar-refractivity contribution in [3.8, 4) is 5.69 Å². The zero-order chi connectivity index (χ0) is 22.1. The van der Waals surface area contributed by atoms with Crippen LogP contribution in [0.4, 0.5) is 5.69 Å². The van der Waals surface area contributed by atoms with Crippen molar-refractivity contribution in [2.45, 2.75) is 32.4 Å². The normalized spacial score (nSPS) is 18.1. The lowest BCUT2D eigenvalue weighted by molar-refractivity contribution is 0.549. The molecule has 2 aromatic heterocycles. The molecule has 5 heteroatoms. The van der Waals surface area contributed by atoms with E-state index in [-0.39, 0.29) is 12.1 Å². The third-order valence-electron chi connectivity index (χ3n) is 6.12. The van der Waals surface area contributed by atoms with Crippen LogP contribution in [0, 0.1) is 6.92 Å². The first kappa shape index (κ1) is 20.5. The Labute approximate surface area is 194 Å². The van der Waals surface area contributed by atoms with Crippen LogP contribution in [0.5, 0.6) is 0 Å². The summed E-state index contributed by atoms with van der Waals surface area (Å²) in [5, 5.41) is 4.27. The molecule has 1 N–H and O–H groups in total. The number of rotatable bonds is 5. The van der Waals surface area contributed by atoms with Gasteiger partial charge in [-0.1, -0.05) is 42.8 Å². The van der Waals surface area contributed by atoms with E-state index in [4.69, 9.17) is 12.2 Å². The maximum absolute atomic E-state index is 5.87. The van der Waals surface area contributed by atoms with E-state index < -0.39 is 0 Å². The molecule has 0 unspecified atom stereocenters. The highest BCUT2D eigenvalue weighted by molar-refractivity contribution is 7.80. The number of nitrogens with one attached hydrogen (secondary N) is 1. The maximum atomic E-state index is 5.87. The second-order valence-corrected chi connectivity index (χ2v) is 8.54. The van der Waals surface area contributed by atoms with Crippen LogP contribution in [0.15, 0.2) is 91.3 Å². The number of thiocarbonyl (C=S) groups is 1. The van der Waals surface area contributed by atoms with E-state index in [2.05, 4.69) is 107 Å². The fourth-order valence-corrected chi connectivity index (χ4v) is 4.75. The van der Waals surface area contributed by atoms with Gasteiger partial charge in [-0.2, -0.15) is 0 Å². The lowest BCUT2D eigenvalue weighted by atomic mass is 10.0. The van der Waals surface area contributed by atoms with Gasteiger partial charge >= 0.3 is 0 Å². The summed E-state index contributed by atoms with van der Waals surface area (Å²) in [5.74, 6) is 0. The molecule has 2 aromatic carbocycles. The lowest BCUT2D eigenvalue weighted by Gasteiger charge is -2.29. The summed E-state index contributed by atoms with van der Waals surface area (Å²) in [5.41, 5.74) is 6.91. The second kappa shape index (κ2) is 8.60. The number of anilines is 1. The van der Waals surface area contributed by atoms with E-state index in [1.54, 1.807) is 0 Å². The van der Waals surface area contributed by atoms with Gasteiger partial charge in [-0.25, -0.2) is 0 Å². The first-order valence-electron chi connectivity index (χ1n) is 11.0. The minimum absolute atomic E-state index is 0.0406. The van der Waals surface area contributed by atoms with Crippen LogP contribution in [0.2, 0.25) is 0 Å². The van der Waals surface area contributed by atoms with Crippen LogP contribution in [0.25, 0.3) is 5.69 Å². The molecule has 1 aliphatic rings. The smallest absolute Gasteiger partial charge is 0.174 e. The van der Waals surface area contributed by atoms with Crippen LogP contribution >= 0.6 is 12.2 Å². The Morgan fingerprint density at radius 1 is 0.906 bits per heavy atom. The summed E-state index contributed by atoms with van der Waals surface area (Å²) >= 11 is 5.87. The average Bonchev–Trinajstić information content (AvgIpc) is 3.44. The molecule has 3 heterocycles. The number of hydrogen-bond acceptors (Lipinski definition) is 2. The van der Waals surface area contributed by atoms with E-state index in [1.165, 1.54) is 11.1 Å². The van der Waals surface area contributed by atoms with Crippen molar-refractivity contribution in [1.29, 1.82) is 0 Å². The molecule has 1 aliphatic heterocycles. The molecular formula is C27H26N4S. The van der Waals surface area contributed by atoms with Gasteiger partial charge in [0.2, 0.25) is 0 Å². The standard InChI is InChI=1S/C27H26N4S/c1-3-20-11-15-22(16-12-20)31-26(25(29-27(31)32)23-7-4-5-17-28-23)24-8-6-18-30(24)21-13-9-19(2)10-14-21/h4-18,25-26H,3H2,1-2H3,(H,29,32)/t25-,26-/m1/s1. The summed E-state index contributed by atoms with van der Waals surface area (Å²) in [6.07, 6.45) is 4.98. The summed E-state index contributed by atoms with van der Waals surface area (Å²) in [6, 6.07) is 27.5. The fourth-order valence-electron chi connectivity index (χ4n) is 4.40. The van der Waals surface area contributed by atoms with Gasteiger partial charge in [-0.15, -0.1) is 0 Å². The molecule has 4 nitrogen and oxygen atoms in total. The molecule has 0 spiro atoms. The van der Waals surface area contributed by atoms with Gasteiger partial charge in [0.25, 0.3) is 0 Å². The largest absolute Gasteiger partial charge is 0.351 e. The SMILES string of the molecule is CCc1ccc(N2C(=S)N[C@H](c3ccccn3)[C@H]2c2cccn2-c2ccc(C)cc2)cc1. The molecule has 0 amide bonds. The Hall–Kier alpha value is -3.44. The molecule has 2 atom stereocenters. The number of aryl methyl sites for hydroxylation is 2. The van der Waals surface area contributed by atoms with Gasteiger partial charge in [-0.3, -0.25) is 4.98 Å². The van der Waals surface area contributed by atoms with Gasteiger partial charge in [0.05, 0.1) is 11.7 Å². The molecule has 0 radical (unpaired) electrons. The van der Waals surface area contributed by atoms with Gasteiger partial charge in [-0.05, 0) is 79.7 Å². The van der Waals surface area contributed by atoms with Crippen molar-refractivity contribution in [1.82, 2.24) is 14.9 Å². The first-order chi connectivity index (χ1) is 15.7. The molecule has 0 aliphatic carbocycles. The van der Waals surface area contributed by atoms with Crippen molar-refractivity contribution < 1.29 is 0 Å². The topological polar surface area (TPSA) is 33.1 Å². The van der Waals surface area contributed by atoms with E-state index in [0.29, 0.717) is 5.11 Å². The molecule has 0 bridgehead atoms. The highest BCUT2D eigenvalue weighted by Crippen LogP contribution is 2.42. The summed E-state index contributed by atoms with van der Waals surface area (Å²) < 4.78 is 2.25. The monoisotopic (exact) mass is 438 g/mol. The predicted molar refractivity (Wildman–Crippen MR) is 134 cm³/mol. The third kappa shape index (κ3) is 3.69. The molecule has 160 valence electrons. The highest BCUT2D eigenvalue weighted by Gasteiger charge is 2.42. The van der Waals surface area contributed by atoms with E-state index in [0.717, 1.165) is 29.2 Å². The van der Waals surface area contributed by atoms with Crippen LogP contribution in [0.1, 0.15) is 41.5 Å². The van der Waals surface area contributed by atoms with Crippen molar-refractivity contribution in [3.05, 3.63) is 114 Å². The van der Waals surface area contributed by atoms with Crippen LogP contribution < -0.4 is 10.2 Å². The number of pyridine rings is 1. The van der Waals surface area contributed by atoms with E-state index in [1.807, 2.05) is 18.3 Å². The summed E-state index contributed by atoms with van der Waals surface area (Å²) in [6.45, 7) is 4.28. The minimum Gasteiger partial charge on any atom is -0.351 e. The molecule has 0 saturated carbocycles. The Bertz CT molecular complexity index is 1210. The van der Waals surface area contributed by atoms with Gasteiger partial charge in [0, 0.05) is 29.5 Å². The zero-order valence-corrected chi connectivity index (χ0v) is 19.1. The Kier molecular flexibility index (Phi) is 5.50. The predicted octanol–water partition coefficient (Wildman–Crippen LogP) is 5.92. The van der Waals surface area contributed by atoms with Crippen molar-refractivity contribution >= 4 is 23.0 Å². The Morgan fingerprint density at radius 2 is 1.66 bits per heavy atom. The summed E-state index contributed by atoms with van der Waals surface area (Å²) in [7, 11) is 0. The minimum atomic E-state index is -0.0614. The highest BCUT2D eigenvalue weighted by atomic mass is 32.1. The van der Waals surface area contributed by atoms with Crippen molar-refractivity contribution in [2.75, 3.05) is 4.90 Å². The fraction of sp³-hybridized carbons (Fsp3) is 0.185. The average molecular weight is 439 g/mol. The maximum Gasteiger partial charge on any atom is 0.174 e. The van der Waals surface area contributed by atoms with Crippen LogP contribution in [-0.4, -0.2) is 14.7 Å². The Morgan fingerprint density at radius 3 is 2.34 bits per heavy atom. The number of hydrogen-bond donors (Lipinski definition) is 1. The number of aromatic nitrogens is 2. The molecular weight excluding hydrogens is 412 g/mol. The molecule has 5 rings (SSSR count). The quantitative estimate of drug-likeness (QED) is 0.392. The van der Waals surface area contributed by atoms with Crippen molar-refractivity contribution in [3.63, 3.8) is 0 Å². The van der Waals surface area contributed by atoms with Crippen molar-refractivity contribution in [2.24, 2.45) is 0 Å². The Balaban J connectivity index is 1.64.